The average Bonchev–Trinajstić information content (AvgIpc) is 3.73. The summed E-state index contributed by atoms with van der Waals surface area (Å²) in [5, 5.41) is 13.1. The van der Waals surface area contributed by atoms with Crippen LogP contribution in [0.15, 0.2) is 39.0 Å². The molecule has 37 heavy (non-hydrogen) atoms. The van der Waals surface area contributed by atoms with Gasteiger partial charge in [0.1, 0.15) is 26.4 Å². The molecule has 0 radical (unpaired) electrons. The summed E-state index contributed by atoms with van der Waals surface area (Å²) in [4.78, 5) is 6.54. The number of fused-ring (bicyclic) bond motifs is 4. The predicted molar refractivity (Wildman–Crippen MR) is 163 cm³/mol. The topological polar surface area (TPSA) is 36.9 Å². The van der Waals surface area contributed by atoms with Crippen molar-refractivity contribution in [1.29, 1.82) is 0 Å². The van der Waals surface area contributed by atoms with Gasteiger partial charge >= 0.3 is 0 Å². The average molecular weight is 605 g/mol. The Bertz CT molecular complexity index is 1570. The number of aryl methyl sites for hydroxylation is 3. The number of hydrogen-bond acceptors (Lipinski definition) is 10. The zero-order valence-corrected chi connectivity index (χ0v) is 25.4. The molecule has 0 aromatic carbocycles. The lowest BCUT2D eigenvalue weighted by atomic mass is 10.2. The molecule has 0 amide bonds. The summed E-state index contributed by atoms with van der Waals surface area (Å²) in [5.74, 6) is 3.69. The Balaban J connectivity index is 0.000000121. The molecule has 0 saturated heterocycles. The first-order chi connectivity index (χ1) is 18.1. The van der Waals surface area contributed by atoms with Gasteiger partial charge < -0.3 is 18.9 Å². The molecule has 0 bridgehead atoms. The molecule has 8 rings (SSSR count). The Kier molecular flexibility index (Phi) is 7.47. The minimum absolute atomic E-state index is 0.645. The molecule has 192 valence electrons. The lowest BCUT2D eigenvalue weighted by Gasteiger charge is -2.16. The van der Waals surface area contributed by atoms with Gasteiger partial charge in [0.25, 0.3) is 0 Å². The first-order valence-electron chi connectivity index (χ1n) is 11.7. The van der Waals surface area contributed by atoms with E-state index < -0.39 is 0 Å². The third-order valence-electron chi connectivity index (χ3n) is 5.73. The first kappa shape index (κ1) is 25.2. The van der Waals surface area contributed by atoms with E-state index in [0.29, 0.717) is 26.4 Å². The van der Waals surface area contributed by atoms with Gasteiger partial charge in [0, 0.05) is 50.9 Å². The molecule has 4 nitrogen and oxygen atoms in total. The molecule has 6 aromatic rings. The fourth-order valence-electron chi connectivity index (χ4n) is 4.09. The Morgan fingerprint density at radius 3 is 2.11 bits per heavy atom. The Morgan fingerprint density at radius 2 is 1.35 bits per heavy atom. The van der Waals surface area contributed by atoms with E-state index in [1.54, 1.807) is 45.3 Å². The third-order valence-corrected chi connectivity index (χ3v) is 11.9. The van der Waals surface area contributed by atoms with E-state index in [0.717, 1.165) is 23.0 Å². The quantitative estimate of drug-likeness (QED) is 0.187. The van der Waals surface area contributed by atoms with Crippen molar-refractivity contribution in [3.63, 3.8) is 0 Å². The van der Waals surface area contributed by atoms with E-state index in [1.807, 2.05) is 33.4 Å². The highest BCUT2D eigenvalue weighted by atomic mass is 32.1. The number of ether oxygens (including phenoxy) is 4. The smallest absolute Gasteiger partial charge is 0.181 e. The lowest BCUT2D eigenvalue weighted by molar-refractivity contribution is 0.173. The van der Waals surface area contributed by atoms with Crippen molar-refractivity contribution in [3.8, 4) is 32.8 Å². The summed E-state index contributed by atoms with van der Waals surface area (Å²) in [5.41, 5.74) is 0. The predicted octanol–water partition coefficient (Wildman–Crippen LogP) is 9.87. The molecule has 0 aliphatic carbocycles. The highest BCUT2D eigenvalue weighted by Crippen LogP contribution is 2.53. The zero-order valence-electron chi connectivity index (χ0n) is 20.5. The molecule has 0 unspecified atom stereocenters. The second kappa shape index (κ2) is 11.0. The van der Waals surface area contributed by atoms with Gasteiger partial charge in [0.2, 0.25) is 0 Å². The Hall–Kier alpha value is -2.08. The maximum absolute atomic E-state index is 5.89. The van der Waals surface area contributed by atoms with Crippen LogP contribution in [0.3, 0.4) is 0 Å². The van der Waals surface area contributed by atoms with Crippen LogP contribution in [0.25, 0.3) is 29.9 Å². The maximum atomic E-state index is 5.89. The molecular weight excluding hydrogens is 581 g/mol. The van der Waals surface area contributed by atoms with Gasteiger partial charge in [0.15, 0.2) is 23.0 Å². The lowest BCUT2D eigenvalue weighted by Crippen LogP contribution is -2.14. The van der Waals surface area contributed by atoms with Crippen molar-refractivity contribution in [2.24, 2.45) is 0 Å². The van der Waals surface area contributed by atoms with Gasteiger partial charge in [0.05, 0.1) is 9.75 Å². The molecule has 8 heterocycles. The fraction of sp³-hybridized carbons (Fsp3) is 0.259. The Labute approximate surface area is 239 Å². The molecular formula is C27H24O4S6. The largest absolute Gasteiger partial charge is 0.485 e. The second-order valence-electron chi connectivity index (χ2n) is 8.34. The van der Waals surface area contributed by atoms with Crippen LogP contribution in [-0.4, -0.2) is 26.4 Å². The number of thiophene rings is 6. The molecule has 2 aliphatic heterocycles. The van der Waals surface area contributed by atoms with E-state index in [2.05, 4.69) is 49.0 Å². The Morgan fingerprint density at radius 1 is 0.676 bits per heavy atom. The van der Waals surface area contributed by atoms with Crippen LogP contribution >= 0.6 is 68.0 Å². The van der Waals surface area contributed by atoms with Crippen molar-refractivity contribution >= 4 is 88.2 Å². The van der Waals surface area contributed by atoms with Crippen LogP contribution in [0, 0.1) is 20.8 Å². The molecule has 0 atom stereocenters. The van der Waals surface area contributed by atoms with E-state index in [1.165, 1.54) is 44.6 Å². The van der Waals surface area contributed by atoms with Gasteiger partial charge in [-0.2, -0.15) is 11.3 Å². The van der Waals surface area contributed by atoms with E-state index >= 15 is 0 Å². The van der Waals surface area contributed by atoms with E-state index in [9.17, 15) is 0 Å². The fourth-order valence-corrected chi connectivity index (χ4v) is 9.98. The highest BCUT2D eigenvalue weighted by Gasteiger charge is 2.26. The van der Waals surface area contributed by atoms with E-state index in [4.69, 9.17) is 18.9 Å². The zero-order chi connectivity index (χ0) is 25.4. The monoisotopic (exact) mass is 604 g/mol. The van der Waals surface area contributed by atoms with Crippen LogP contribution in [0.5, 0.6) is 23.0 Å². The maximum Gasteiger partial charge on any atom is 0.181 e. The van der Waals surface area contributed by atoms with Crippen LogP contribution in [-0.2, 0) is 0 Å². The van der Waals surface area contributed by atoms with Crippen molar-refractivity contribution in [2.75, 3.05) is 26.4 Å². The summed E-state index contributed by atoms with van der Waals surface area (Å²) < 4.78 is 25.0. The molecule has 0 fully saturated rings. The van der Waals surface area contributed by atoms with Crippen molar-refractivity contribution in [1.82, 2.24) is 0 Å². The van der Waals surface area contributed by atoms with Crippen LogP contribution in [0.2, 0.25) is 0 Å². The van der Waals surface area contributed by atoms with Gasteiger partial charge in [-0.05, 0) is 43.7 Å². The van der Waals surface area contributed by atoms with Crippen molar-refractivity contribution in [2.45, 2.75) is 20.8 Å². The summed E-state index contributed by atoms with van der Waals surface area (Å²) in [6, 6.07) is 4.44. The third kappa shape index (κ3) is 5.15. The molecule has 2 aliphatic rings. The number of rotatable bonds is 1. The number of hydrogen-bond donors (Lipinski definition) is 0. The highest BCUT2D eigenvalue weighted by molar-refractivity contribution is 7.28. The van der Waals surface area contributed by atoms with Crippen LogP contribution in [0.1, 0.15) is 14.6 Å². The van der Waals surface area contributed by atoms with Gasteiger partial charge in [-0.15, -0.1) is 56.7 Å². The van der Waals surface area contributed by atoms with Gasteiger partial charge in [-0.1, -0.05) is 0 Å². The van der Waals surface area contributed by atoms with Crippen LogP contribution < -0.4 is 18.9 Å². The minimum atomic E-state index is 0.645. The van der Waals surface area contributed by atoms with Crippen LogP contribution in [0.4, 0.5) is 0 Å². The SMILES string of the molecule is Cc1cc2c(-c3sc(C)c4c3OCCO4)sc(C)c2s1.c1cc2cscc2s1.c1scc2c1OCCO2. The molecule has 0 spiro atoms. The van der Waals surface area contributed by atoms with Crippen molar-refractivity contribution in [3.05, 3.63) is 53.7 Å². The molecule has 10 heteroatoms. The van der Waals surface area contributed by atoms with Gasteiger partial charge in [-0.3, -0.25) is 0 Å². The van der Waals surface area contributed by atoms with E-state index in [-0.39, 0.29) is 0 Å². The normalized spacial score (nSPS) is 13.7. The minimum Gasteiger partial charge on any atom is -0.485 e. The second-order valence-corrected chi connectivity index (χ2v) is 14.5. The summed E-state index contributed by atoms with van der Waals surface area (Å²) >= 11 is 10.7. The summed E-state index contributed by atoms with van der Waals surface area (Å²) in [6.45, 7) is 9.16. The molecule has 6 aromatic heterocycles. The first-order valence-corrected chi connectivity index (χ1v) is 16.9. The standard InChI is InChI=1S/C15H14O2S3.C6H6O2S.C6H4S2/c1-7-6-10-13(18-7)9(3)20-14(10)15-12-11(8(2)19-15)16-4-5-17-12;1-2-8-6-4-9-3-5(6)7-1;1-2-8-6-4-7-3-5(1)6/h6H,4-5H2,1-3H3;3-4H,1-2H2;1-4H. The summed E-state index contributed by atoms with van der Waals surface area (Å²) in [6.07, 6.45) is 0. The van der Waals surface area contributed by atoms with Gasteiger partial charge in [-0.25, -0.2) is 0 Å². The van der Waals surface area contributed by atoms with Crippen molar-refractivity contribution < 1.29 is 18.9 Å². The molecule has 0 saturated carbocycles. The summed E-state index contributed by atoms with van der Waals surface area (Å²) in [7, 11) is 0. The molecule has 0 N–H and O–H groups in total.